The molecule has 0 aliphatic carbocycles. The Balaban J connectivity index is 1.76. The summed E-state index contributed by atoms with van der Waals surface area (Å²) >= 11 is 0. The molecule has 1 aromatic carbocycles. The summed E-state index contributed by atoms with van der Waals surface area (Å²) in [5, 5.41) is 13.1. The van der Waals surface area contributed by atoms with Crippen molar-refractivity contribution in [3.63, 3.8) is 0 Å². The minimum atomic E-state index is 0.364. The molecular formula is C13H18N2O2. The van der Waals surface area contributed by atoms with E-state index in [4.69, 9.17) is 4.74 Å². The van der Waals surface area contributed by atoms with Crippen molar-refractivity contribution in [2.24, 2.45) is 0 Å². The average molecular weight is 234 g/mol. The van der Waals surface area contributed by atoms with Crippen LogP contribution in [-0.4, -0.2) is 48.9 Å². The molecule has 1 fully saturated rings. The van der Waals surface area contributed by atoms with E-state index in [0.717, 1.165) is 45.0 Å². The van der Waals surface area contributed by atoms with Gasteiger partial charge in [-0.1, -0.05) is 12.1 Å². The minimum Gasteiger partial charge on any atom is -0.506 e. The lowest BCUT2D eigenvalue weighted by Gasteiger charge is -2.37. The number of aromatic hydroxyl groups is 1. The molecule has 0 amide bonds. The zero-order valence-electron chi connectivity index (χ0n) is 9.85. The summed E-state index contributed by atoms with van der Waals surface area (Å²) in [6, 6.07) is 6.26. The molecule has 1 saturated heterocycles. The highest BCUT2D eigenvalue weighted by atomic mass is 16.5. The summed E-state index contributed by atoms with van der Waals surface area (Å²) in [7, 11) is 0. The highest BCUT2D eigenvalue weighted by Crippen LogP contribution is 2.32. The molecule has 1 unspecified atom stereocenters. The van der Waals surface area contributed by atoms with Crippen LogP contribution in [0.3, 0.4) is 0 Å². The summed E-state index contributed by atoms with van der Waals surface area (Å²) in [6.07, 6.45) is 1.01. The van der Waals surface area contributed by atoms with Crippen molar-refractivity contribution in [3.05, 3.63) is 23.8 Å². The number of para-hydroxylation sites is 1. The molecule has 2 heterocycles. The van der Waals surface area contributed by atoms with Crippen LogP contribution in [-0.2, 0) is 11.2 Å². The van der Waals surface area contributed by atoms with Gasteiger partial charge in [-0.25, -0.2) is 0 Å². The lowest BCUT2D eigenvalue weighted by atomic mass is 9.98. The van der Waals surface area contributed by atoms with E-state index in [9.17, 15) is 5.11 Å². The van der Waals surface area contributed by atoms with Gasteiger partial charge in [0.25, 0.3) is 0 Å². The monoisotopic (exact) mass is 234 g/mol. The largest absolute Gasteiger partial charge is 0.506 e. The molecule has 3 rings (SSSR count). The van der Waals surface area contributed by atoms with Gasteiger partial charge in [-0.2, -0.15) is 0 Å². The number of hydrogen-bond acceptors (Lipinski definition) is 4. The second-order valence-corrected chi connectivity index (χ2v) is 4.70. The van der Waals surface area contributed by atoms with Crippen LogP contribution in [0.1, 0.15) is 5.56 Å². The van der Waals surface area contributed by atoms with Gasteiger partial charge in [0, 0.05) is 25.7 Å². The Morgan fingerprint density at radius 1 is 1.29 bits per heavy atom. The maximum absolute atomic E-state index is 9.76. The first-order valence-corrected chi connectivity index (χ1v) is 6.21. The fourth-order valence-electron chi connectivity index (χ4n) is 2.71. The van der Waals surface area contributed by atoms with E-state index in [1.165, 1.54) is 5.56 Å². The van der Waals surface area contributed by atoms with Crippen LogP contribution < -0.4 is 5.32 Å². The summed E-state index contributed by atoms with van der Waals surface area (Å²) in [5.41, 5.74) is 2.13. The number of anilines is 1. The van der Waals surface area contributed by atoms with Crippen molar-refractivity contribution in [2.45, 2.75) is 12.5 Å². The fourth-order valence-corrected chi connectivity index (χ4v) is 2.71. The van der Waals surface area contributed by atoms with Gasteiger partial charge in [-0.3, -0.25) is 4.90 Å². The van der Waals surface area contributed by atoms with Gasteiger partial charge < -0.3 is 15.2 Å². The zero-order chi connectivity index (χ0) is 11.7. The highest BCUT2D eigenvalue weighted by molar-refractivity contribution is 5.63. The van der Waals surface area contributed by atoms with Crippen molar-refractivity contribution in [2.75, 3.05) is 38.2 Å². The van der Waals surface area contributed by atoms with Crippen LogP contribution >= 0.6 is 0 Å². The molecule has 1 aromatic rings. The maximum atomic E-state index is 9.76. The molecule has 4 nitrogen and oxygen atoms in total. The van der Waals surface area contributed by atoms with Gasteiger partial charge in [0.2, 0.25) is 0 Å². The molecule has 4 heteroatoms. The number of morpholine rings is 1. The van der Waals surface area contributed by atoms with Crippen molar-refractivity contribution in [3.8, 4) is 5.75 Å². The fraction of sp³-hybridized carbons (Fsp3) is 0.538. The number of ether oxygens (including phenoxy) is 1. The normalized spacial score (nSPS) is 25.1. The summed E-state index contributed by atoms with van der Waals surface area (Å²) in [6.45, 7) is 4.61. The first-order chi connectivity index (χ1) is 8.34. The van der Waals surface area contributed by atoms with Crippen molar-refractivity contribution >= 4 is 5.69 Å². The van der Waals surface area contributed by atoms with Crippen molar-refractivity contribution < 1.29 is 9.84 Å². The number of phenols is 1. The predicted molar refractivity (Wildman–Crippen MR) is 66.5 cm³/mol. The van der Waals surface area contributed by atoms with Gasteiger partial charge in [-0.05, 0) is 18.1 Å². The Labute approximate surface area is 101 Å². The third-order valence-corrected chi connectivity index (χ3v) is 3.66. The SMILES string of the molecule is Oc1cccc2c1NCC(N1CCOCC1)C2. The van der Waals surface area contributed by atoms with Crippen LogP contribution in [0.2, 0.25) is 0 Å². The van der Waals surface area contributed by atoms with Crippen LogP contribution in [0.4, 0.5) is 5.69 Å². The molecule has 0 saturated carbocycles. The summed E-state index contributed by atoms with van der Waals surface area (Å²) in [4.78, 5) is 2.48. The molecule has 17 heavy (non-hydrogen) atoms. The average Bonchev–Trinajstić information content (AvgIpc) is 2.40. The molecule has 0 aromatic heterocycles. The Morgan fingerprint density at radius 3 is 2.94 bits per heavy atom. The van der Waals surface area contributed by atoms with Crippen molar-refractivity contribution in [1.82, 2.24) is 4.90 Å². The molecule has 2 aliphatic rings. The van der Waals surface area contributed by atoms with E-state index in [0.29, 0.717) is 11.8 Å². The van der Waals surface area contributed by atoms with Crippen LogP contribution in [0.5, 0.6) is 5.75 Å². The smallest absolute Gasteiger partial charge is 0.138 e. The number of rotatable bonds is 1. The van der Waals surface area contributed by atoms with Crippen molar-refractivity contribution in [1.29, 1.82) is 0 Å². The number of phenolic OH excluding ortho intramolecular Hbond substituents is 1. The predicted octanol–water partition coefficient (Wildman–Crippen LogP) is 1.06. The third kappa shape index (κ3) is 2.10. The van der Waals surface area contributed by atoms with E-state index < -0.39 is 0 Å². The number of benzene rings is 1. The number of nitrogens with zero attached hydrogens (tertiary/aromatic N) is 1. The highest BCUT2D eigenvalue weighted by Gasteiger charge is 2.26. The van der Waals surface area contributed by atoms with Crippen LogP contribution in [0, 0.1) is 0 Å². The third-order valence-electron chi connectivity index (χ3n) is 3.66. The Kier molecular flexibility index (Phi) is 2.91. The van der Waals surface area contributed by atoms with Crippen LogP contribution in [0.15, 0.2) is 18.2 Å². The molecule has 0 radical (unpaired) electrons. The second-order valence-electron chi connectivity index (χ2n) is 4.70. The Morgan fingerprint density at radius 2 is 2.12 bits per heavy atom. The summed E-state index contributed by atoms with van der Waals surface area (Å²) < 4.78 is 5.38. The first kappa shape index (κ1) is 10.9. The minimum absolute atomic E-state index is 0.364. The van der Waals surface area contributed by atoms with E-state index in [-0.39, 0.29) is 0 Å². The van der Waals surface area contributed by atoms with Gasteiger partial charge in [-0.15, -0.1) is 0 Å². The number of hydrogen-bond donors (Lipinski definition) is 2. The standard InChI is InChI=1S/C13H18N2O2/c16-12-3-1-2-10-8-11(9-14-13(10)12)15-4-6-17-7-5-15/h1-3,11,14,16H,4-9H2. The van der Waals surface area contributed by atoms with E-state index in [2.05, 4.69) is 16.3 Å². The van der Waals surface area contributed by atoms with E-state index >= 15 is 0 Å². The Hall–Kier alpha value is -1.26. The molecule has 2 N–H and O–H groups in total. The lowest BCUT2D eigenvalue weighted by Crippen LogP contribution is -2.49. The van der Waals surface area contributed by atoms with Gasteiger partial charge in [0.1, 0.15) is 5.75 Å². The Bertz CT molecular complexity index is 402. The quantitative estimate of drug-likeness (QED) is 0.713. The maximum Gasteiger partial charge on any atom is 0.138 e. The molecular weight excluding hydrogens is 216 g/mol. The molecule has 1 atom stereocenters. The molecule has 0 bridgehead atoms. The molecule has 2 aliphatic heterocycles. The van der Waals surface area contributed by atoms with Gasteiger partial charge >= 0.3 is 0 Å². The molecule has 92 valence electrons. The first-order valence-electron chi connectivity index (χ1n) is 6.21. The van der Waals surface area contributed by atoms with Crippen LogP contribution in [0.25, 0.3) is 0 Å². The van der Waals surface area contributed by atoms with E-state index in [1.807, 2.05) is 6.07 Å². The molecule has 0 spiro atoms. The second kappa shape index (κ2) is 4.55. The zero-order valence-corrected chi connectivity index (χ0v) is 9.85. The van der Waals surface area contributed by atoms with E-state index in [1.54, 1.807) is 6.07 Å². The van der Waals surface area contributed by atoms with Gasteiger partial charge in [0.15, 0.2) is 0 Å². The van der Waals surface area contributed by atoms with Gasteiger partial charge in [0.05, 0.1) is 18.9 Å². The lowest BCUT2D eigenvalue weighted by molar-refractivity contribution is 0.0186. The number of nitrogens with one attached hydrogen (secondary N) is 1. The topological polar surface area (TPSA) is 44.7 Å². The number of fused-ring (bicyclic) bond motifs is 1. The summed E-state index contributed by atoms with van der Waals surface area (Å²) in [5.74, 6) is 0.364.